The Kier molecular flexibility index (Phi) is 5.66. The largest absolute Gasteiger partial charge is 0.480 e. The summed E-state index contributed by atoms with van der Waals surface area (Å²) >= 11 is 0. The number of carbonyl (C=O) groups excluding carboxylic acids is 2. The van der Waals surface area contributed by atoms with E-state index in [9.17, 15) is 14.4 Å². The summed E-state index contributed by atoms with van der Waals surface area (Å²) in [4.78, 5) is 34.8. The van der Waals surface area contributed by atoms with Gasteiger partial charge in [0.15, 0.2) is 0 Å². The maximum atomic E-state index is 12.0. The molecule has 1 aromatic carbocycles. The summed E-state index contributed by atoms with van der Waals surface area (Å²) in [5.41, 5.74) is 1.04. The molecule has 0 saturated heterocycles. The van der Waals surface area contributed by atoms with Crippen LogP contribution in [0.1, 0.15) is 31.1 Å². The fourth-order valence-corrected chi connectivity index (χ4v) is 1.51. The maximum Gasteiger partial charge on any atom is 0.325 e. The first-order valence-electron chi connectivity index (χ1n) is 6.40. The highest BCUT2D eigenvalue weighted by molar-refractivity contribution is 6.03. The number of nitrogens with one attached hydrogen (secondary N) is 2. The van der Waals surface area contributed by atoms with Gasteiger partial charge in [0, 0.05) is 5.56 Å². The van der Waals surface area contributed by atoms with Crippen LogP contribution in [0.15, 0.2) is 41.6 Å². The lowest BCUT2D eigenvalue weighted by Gasteiger charge is -2.14. The van der Waals surface area contributed by atoms with Crippen molar-refractivity contribution >= 4 is 17.8 Å². The predicted octanol–water partition coefficient (Wildman–Crippen LogP) is 1.30. The van der Waals surface area contributed by atoms with Crippen LogP contribution in [0.2, 0.25) is 0 Å². The number of rotatable bonds is 5. The summed E-state index contributed by atoms with van der Waals surface area (Å²) in [6, 6.07) is 7.40. The van der Waals surface area contributed by atoms with Gasteiger partial charge in [0.1, 0.15) is 11.7 Å². The van der Waals surface area contributed by atoms with E-state index in [4.69, 9.17) is 5.11 Å². The zero-order valence-corrected chi connectivity index (χ0v) is 12.1. The van der Waals surface area contributed by atoms with Gasteiger partial charge < -0.3 is 15.7 Å². The Labute approximate surface area is 122 Å². The van der Waals surface area contributed by atoms with Gasteiger partial charge in [0.05, 0.1) is 0 Å². The minimum absolute atomic E-state index is 0.0527. The van der Waals surface area contributed by atoms with Crippen molar-refractivity contribution in [3.63, 3.8) is 0 Å². The second-order valence-corrected chi connectivity index (χ2v) is 4.73. The zero-order chi connectivity index (χ0) is 16.0. The van der Waals surface area contributed by atoms with Crippen LogP contribution in [0.3, 0.4) is 0 Å². The van der Waals surface area contributed by atoms with Crippen molar-refractivity contribution in [3.8, 4) is 0 Å². The number of aliphatic carboxylic acids is 1. The van der Waals surface area contributed by atoms with Gasteiger partial charge >= 0.3 is 5.97 Å². The van der Waals surface area contributed by atoms with E-state index in [1.165, 1.54) is 6.92 Å². The number of benzene rings is 1. The van der Waals surface area contributed by atoms with Crippen molar-refractivity contribution in [2.75, 3.05) is 0 Å². The van der Waals surface area contributed by atoms with Gasteiger partial charge in [0.2, 0.25) is 0 Å². The van der Waals surface area contributed by atoms with Crippen LogP contribution in [0.4, 0.5) is 0 Å². The van der Waals surface area contributed by atoms with E-state index in [1.807, 2.05) is 0 Å². The van der Waals surface area contributed by atoms with Crippen molar-refractivity contribution in [2.45, 2.75) is 26.8 Å². The maximum absolute atomic E-state index is 12.0. The summed E-state index contributed by atoms with van der Waals surface area (Å²) in [5.74, 6) is -2.20. The summed E-state index contributed by atoms with van der Waals surface area (Å²) in [7, 11) is 0. The fraction of sp³-hybridized carbons (Fsp3) is 0.267. The third-order valence-electron chi connectivity index (χ3n) is 2.72. The van der Waals surface area contributed by atoms with Crippen molar-refractivity contribution in [3.05, 3.63) is 47.2 Å². The Morgan fingerprint density at radius 2 is 1.67 bits per heavy atom. The van der Waals surface area contributed by atoms with Crippen molar-refractivity contribution in [1.82, 2.24) is 10.6 Å². The van der Waals surface area contributed by atoms with E-state index in [2.05, 4.69) is 10.6 Å². The molecular weight excluding hydrogens is 272 g/mol. The molecule has 0 saturated carbocycles. The molecule has 0 spiro atoms. The Balaban J connectivity index is 2.85. The summed E-state index contributed by atoms with van der Waals surface area (Å²) in [6.45, 7) is 4.67. The SMILES string of the molecule is CC(C)=C(NC(=O)c1ccccc1)C(=O)NC(C)C(=O)O. The summed E-state index contributed by atoms with van der Waals surface area (Å²) in [5, 5.41) is 13.6. The molecule has 0 aromatic heterocycles. The molecule has 1 unspecified atom stereocenters. The van der Waals surface area contributed by atoms with Crippen molar-refractivity contribution in [1.29, 1.82) is 0 Å². The second-order valence-electron chi connectivity index (χ2n) is 4.73. The minimum Gasteiger partial charge on any atom is -0.480 e. The summed E-state index contributed by atoms with van der Waals surface area (Å²) in [6.07, 6.45) is 0. The predicted molar refractivity (Wildman–Crippen MR) is 77.5 cm³/mol. The lowest BCUT2D eigenvalue weighted by atomic mass is 10.2. The molecule has 1 rings (SSSR count). The zero-order valence-electron chi connectivity index (χ0n) is 12.1. The molecule has 112 valence electrons. The van der Waals surface area contributed by atoms with Crippen LogP contribution in [-0.4, -0.2) is 28.9 Å². The molecule has 0 fully saturated rings. The first kappa shape index (κ1) is 16.4. The van der Waals surface area contributed by atoms with E-state index < -0.39 is 23.8 Å². The van der Waals surface area contributed by atoms with Crippen molar-refractivity contribution < 1.29 is 19.5 Å². The van der Waals surface area contributed by atoms with E-state index >= 15 is 0 Å². The normalized spacial score (nSPS) is 11.2. The molecule has 0 heterocycles. The smallest absolute Gasteiger partial charge is 0.325 e. The molecule has 0 aliphatic rings. The number of carboxylic acid groups (broad SMARTS) is 1. The van der Waals surface area contributed by atoms with Gasteiger partial charge in [-0.05, 0) is 38.5 Å². The molecule has 1 atom stereocenters. The quantitative estimate of drug-likeness (QED) is 0.712. The van der Waals surface area contributed by atoms with Crippen LogP contribution >= 0.6 is 0 Å². The third kappa shape index (κ3) is 4.76. The molecule has 0 aliphatic carbocycles. The molecule has 0 radical (unpaired) electrons. The Bertz CT molecular complexity index is 575. The van der Waals surface area contributed by atoms with Crippen LogP contribution < -0.4 is 10.6 Å². The lowest BCUT2D eigenvalue weighted by molar-refractivity contribution is -0.140. The molecular formula is C15H18N2O4. The number of hydrogen-bond acceptors (Lipinski definition) is 3. The van der Waals surface area contributed by atoms with Gasteiger partial charge in [-0.3, -0.25) is 14.4 Å². The van der Waals surface area contributed by atoms with E-state index in [0.717, 1.165) is 0 Å². The van der Waals surface area contributed by atoms with Gasteiger partial charge in [-0.1, -0.05) is 18.2 Å². The fourth-order valence-electron chi connectivity index (χ4n) is 1.51. The molecule has 21 heavy (non-hydrogen) atoms. The topological polar surface area (TPSA) is 95.5 Å². The van der Waals surface area contributed by atoms with Crippen LogP contribution in [0, 0.1) is 0 Å². The molecule has 2 amide bonds. The number of amides is 2. The van der Waals surface area contributed by atoms with Crippen LogP contribution in [-0.2, 0) is 9.59 Å². The molecule has 3 N–H and O–H groups in total. The van der Waals surface area contributed by atoms with E-state index in [0.29, 0.717) is 11.1 Å². The third-order valence-corrected chi connectivity index (χ3v) is 2.72. The first-order valence-corrected chi connectivity index (χ1v) is 6.40. The number of hydrogen-bond donors (Lipinski definition) is 3. The molecule has 6 nitrogen and oxygen atoms in total. The number of carboxylic acids is 1. The Morgan fingerprint density at radius 3 is 2.14 bits per heavy atom. The monoisotopic (exact) mass is 290 g/mol. The van der Waals surface area contributed by atoms with Gasteiger partial charge in [-0.25, -0.2) is 0 Å². The van der Waals surface area contributed by atoms with Crippen LogP contribution in [0.5, 0.6) is 0 Å². The van der Waals surface area contributed by atoms with Crippen LogP contribution in [0.25, 0.3) is 0 Å². The number of carbonyl (C=O) groups is 3. The average molecular weight is 290 g/mol. The highest BCUT2D eigenvalue weighted by atomic mass is 16.4. The van der Waals surface area contributed by atoms with E-state index in [1.54, 1.807) is 44.2 Å². The lowest BCUT2D eigenvalue weighted by Crippen LogP contribution is -2.43. The highest BCUT2D eigenvalue weighted by Crippen LogP contribution is 2.04. The van der Waals surface area contributed by atoms with Gasteiger partial charge in [-0.2, -0.15) is 0 Å². The molecule has 0 bridgehead atoms. The van der Waals surface area contributed by atoms with E-state index in [-0.39, 0.29) is 5.70 Å². The molecule has 6 heteroatoms. The Morgan fingerprint density at radius 1 is 1.10 bits per heavy atom. The Hall–Kier alpha value is -2.63. The van der Waals surface area contributed by atoms with Crippen molar-refractivity contribution in [2.24, 2.45) is 0 Å². The highest BCUT2D eigenvalue weighted by Gasteiger charge is 2.20. The standard InChI is InChI=1S/C15H18N2O4/c1-9(2)12(14(19)16-10(3)15(20)21)17-13(18)11-7-5-4-6-8-11/h4-8,10H,1-3H3,(H,16,19)(H,17,18)(H,20,21). The average Bonchev–Trinajstić information content (AvgIpc) is 2.44. The second kappa shape index (κ2) is 7.23. The van der Waals surface area contributed by atoms with Gasteiger partial charge in [0.25, 0.3) is 11.8 Å². The summed E-state index contributed by atoms with van der Waals surface area (Å²) < 4.78 is 0. The minimum atomic E-state index is -1.15. The first-order chi connectivity index (χ1) is 9.82. The molecule has 0 aliphatic heterocycles. The van der Waals surface area contributed by atoms with Gasteiger partial charge in [-0.15, -0.1) is 0 Å². The molecule has 1 aromatic rings. The number of allylic oxidation sites excluding steroid dienone is 1.